The number of fused-ring (bicyclic) bond motifs is 1. The lowest BCUT2D eigenvalue weighted by atomic mass is 9.99. The largest absolute Gasteiger partial charge is 0.495 e. The van der Waals surface area contributed by atoms with E-state index >= 15 is 0 Å². The molecule has 4 aromatic rings. The van der Waals surface area contributed by atoms with E-state index in [0.29, 0.717) is 28.0 Å². The molecule has 0 aliphatic carbocycles. The summed E-state index contributed by atoms with van der Waals surface area (Å²) >= 11 is 6.38. The molecule has 160 valence electrons. The molecule has 4 aromatic carbocycles. The number of hydrogen-bond acceptors (Lipinski definition) is 4. The van der Waals surface area contributed by atoms with Gasteiger partial charge in [0.05, 0.1) is 18.6 Å². The Bertz CT molecular complexity index is 1280. The highest BCUT2D eigenvalue weighted by Gasteiger charge is 2.14. The minimum absolute atomic E-state index is 0.155. The standard InChI is InChI=1S/C27H21ClO4/c1-3-6-26(29)31-20-11-13-21(14-12-20)32-27-22-8-5-4-7-18(22)9-15-23(27)19-10-16-25(30-2)24(28)17-19/h3-5,7-17H,1,6H2,2H3. The SMILES string of the molecule is C=CCC(=O)Oc1ccc(Oc2c(-c3ccc(OC)c(Cl)c3)ccc3ccccc23)cc1. The third-order valence-electron chi connectivity index (χ3n) is 4.93. The first-order valence-corrected chi connectivity index (χ1v) is 10.4. The van der Waals surface area contributed by atoms with Crippen LogP contribution >= 0.6 is 11.6 Å². The summed E-state index contributed by atoms with van der Waals surface area (Å²) in [5.41, 5.74) is 1.81. The van der Waals surface area contributed by atoms with Gasteiger partial charge < -0.3 is 14.2 Å². The number of ether oxygens (including phenoxy) is 3. The zero-order chi connectivity index (χ0) is 22.5. The molecule has 0 spiro atoms. The summed E-state index contributed by atoms with van der Waals surface area (Å²) in [6.07, 6.45) is 1.66. The Balaban J connectivity index is 1.72. The average Bonchev–Trinajstić information content (AvgIpc) is 2.80. The summed E-state index contributed by atoms with van der Waals surface area (Å²) in [5, 5.41) is 2.55. The van der Waals surface area contributed by atoms with Crippen molar-refractivity contribution in [2.24, 2.45) is 0 Å². The van der Waals surface area contributed by atoms with Crippen LogP contribution in [0, 0.1) is 0 Å². The molecule has 0 saturated carbocycles. The predicted octanol–water partition coefficient (Wildman–Crippen LogP) is 7.44. The van der Waals surface area contributed by atoms with Crippen LogP contribution < -0.4 is 14.2 Å². The number of halogens is 1. The molecule has 0 N–H and O–H groups in total. The Morgan fingerprint density at radius 3 is 2.44 bits per heavy atom. The van der Waals surface area contributed by atoms with E-state index in [-0.39, 0.29) is 12.4 Å². The number of carbonyl (C=O) groups is 1. The fourth-order valence-corrected chi connectivity index (χ4v) is 3.66. The Hall–Kier alpha value is -3.76. The molecule has 0 aliphatic rings. The molecule has 0 radical (unpaired) electrons. The van der Waals surface area contributed by atoms with Gasteiger partial charge in [-0.05, 0) is 53.4 Å². The zero-order valence-electron chi connectivity index (χ0n) is 17.5. The molecule has 0 fully saturated rings. The second-order valence-electron chi connectivity index (χ2n) is 7.05. The van der Waals surface area contributed by atoms with Crippen molar-refractivity contribution in [3.05, 3.63) is 96.5 Å². The summed E-state index contributed by atoms with van der Waals surface area (Å²) in [7, 11) is 1.59. The molecular weight excluding hydrogens is 424 g/mol. The molecule has 0 aromatic heterocycles. The molecule has 0 amide bonds. The van der Waals surface area contributed by atoms with E-state index in [0.717, 1.165) is 21.9 Å². The summed E-state index contributed by atoms with van der Waals surface area (Å²) in [4.78, 5) is 11.7. The number of benzene rings is 4. The van der Waals surface area contributed by atoms with Crippen molar-refractivity contribution in [2.75, 3.05) is 7.11 Å². The number of esters is 1. The van der Waals surface area contributed by atoms with Gasteiger partial charge in [-0.2, -0.15) is 0 Å². The van der Waals surface area contributed by atoms with Crippen LogP contribution in [0.1, 0.15) is 6.42 Å². The number of hydrogen-bond donors (Lipinski definition) is 0. The minimum atomic E-state index is -0.360. The summed E-state index contributed by atoms with van der Waals surface area (Å²) in [6.45, 7) is 3.54. The molecule has 0 atom stereocenters. The van der Waals surface area contributed by atoms with Gasteiger partial charge in [-0.25, -0.2) is 0 Å². The Kier molecular flexibility index (Phi) is 6.43. The molecule has 0 heterocycles. The first kappa shape index (κ1) is 21.5. The van der Waals surface area contributed by atoms with Crippen LogP contribution in [0.2, 0.25) is 5.02 Å². The zero-order valence-corrected chi connectivity index (χ0v) is 18.3. The number of rotatable bonds is 7. The second kappa shape index (κ2) is 9.58. The molecular formula is C27H21ClO4. The maximum atomic E-state index is 11.7. The summed E-state index contributed by atoms with van der Waals surface area (Å²) in [6, 6.07) is 24.7. The van der Waals surface area contributed by atoms with E-state index in [4.69, 9.17) is 25.8 Å². The topological polar surface area (TPSA) is 44.8 Å². The van der Waals surface area contributed by atoms with Crippen LogP contribution in [0.25, 0.3) is 21.9 Å². The first-order valence-electron chi connectivity index (χ1n) is 10.0. The summed E-state index contributed by atoms with van der Waals surface area (Å²) < 4.78 is 16.9. The van der Waals surface area contributed by atoms with Gasteiger partial charge in [0.2, 0.25) is 0 Å². The monoisotopic (exact) mass is 444 g/mol. The van der Waals surface area contributed by atoms with Crippen LogP contribution in [0.15, 0.2) is 91.5 Å². The smallest absolute Gasteiger partial charge is 0.315 e. The van der Waals surface area contributed by atoms with E-state index in [2.05, 4.69) is 12.6 Å². The van der Waals surface area contributed by atoms with E-state index in [1.54, 1.807) is 31.4 Å². The molecule has 0 bridgehead atoms. The van der Waals surface area contributed by atoms with Gasteiger partial charge in [-0.3, -0.25) is 4.79 Å². The Morgan fingerprint density at radius 1 is 0.969 bits per heavy atom. The molecule has 5 heteroatoms. The third kappa shape index (κ3) is 4.61. The summed E-state index contributed by atoms with van der Waals surface area (Å²) in [5.74, 6) is 2.03. The van der Waals surface area contributed by atoms with E-state index in [9.17, 15) is 4.79 Å². The molecule has 0 unspecified atom stereocenters. The van der Waals surface area contributed by atoms with Gasteiger partial charge in [0.25, 0.3) is 0 Å². The van der Waals surface area contributed by atoms with Gasteiger partial charge in [0.1, 0.15) is 23.0 Å². The predicted molar refractivity (Wildman–Crippen MR) is 128 cm³/mol. The third-order valence-corrected chi connectivity index (χ3v) is 5.22. The second-order valence-corrected chi connectivity index (χ2v) is 7.46. The van der Waals surface area contributed by atoms with Gasteiger partial charge in [0, 0.05) is 10.9 Å². The maximum absolute atomic E-state index is 11.7. The van der Waals surface area contributed by atoms with E-state index in [1.807, 2.05) is 48.5 Å². The highest BCUT2D eigenvalue weighted by Crippen LogP contribution is 2.41. The number of methoxy groups -OCH3 is 1. The van der Waals surface area contributed by atoms with Crippen molar-refractivity contribution in [1.29, 1.82) is 0 Å². The fourth-order valence-electron chi connectivity index (χ4n) is 3.40. The lowest BCUT2D eigenvalue weighted by molar-refractivity contribution is -0.133. The van der Waals surface area contributed by atoms with Crippen molar-refractivity contribution >= 4 is 28.3 Å². The van der Waals surface area contributed by atoms with E-state index < -0.39 is 0 Å². The van der Waals surface area contributed by atoms with Crippen LogP contribution in [0.3, 0.4) is 0 Å². The van der Waals surface area contributed by atoms with Crippen molar-refractivity contribution < 1.29 is 19.0 Å². The molecule has 32 heavy (non-hydrogen) atoms. The molecule has 0 saturated heterocycles. The first-order chi connectivity index (χ1) is 15.6. The van der Waals surface area contributed by atoms with Crippen molar-refractivity contribution in [3.8, 4) is 34.1 Å². The van der Waals surface area contributed by atoms with E-state index in [1.165, 1.54) is 6.08 Å². The van der Waals surface area contributed by atoms with Gasteiger partial charge in [-0.1, -0.05) is 54.1 Å². The minimum Gasteiger partial charge on any atom is -0.495 e. The van der Waals surface area contributed by atoms with Gasteiger partial charge >= 0.3 is 5.97 Å². The Morgan fingerprint density at radius 2 is 1.72 bits per heavy atom. The quantitative estimate of drug-likeness (QED) is 0.169. The van der Waals surface area contributed by atoms with Crippen LogP contribution in [-0.4, -0.2) is 13.1 Å². The van der Waals surface area contributed by atoms with Gasteiger partial charge in [-0.15, -0.1) is 6.58 Å². The van der Waals surface area contributed by atoms with Crippen LogP contribution in [0.4, 0.5) is 0 Å². The highest BCUT2D eigenvalue weighted by molar-refractivity contribution is 6.32. The molecule has 0 aliphatic heterocycles. The van der Waals surface area contributed by atoms with Crippen LogP contribution in [-0.2, 0) is 4.79 Å². The van der Waals surface area contributed by atoms with Crippen molar-refractivity contribution in [3.63, 3.8) is 0 Å². The van der Waals surface area contributed by atoms with Gasteiger partial charge in [0.15, 0.2) is 0 Å². The lowest BCUT2D eigenvalue weighted by Crippen LogP contribution is -2.05. The number of carbonyl (C=O) groups excluding carboxylic acids is 1. The van der Waals surface area contributed by atoms with Crippen molar-refractivity contribution in [2.45, 2.75) is 6.42 Å². The lowest BCUT2D eigenvalue weighted by Gasteiger charge is -2.16. The average molecular weight is 445 g/mol. The highest BCUT2D eigenvalue weighted by atomic mass is 35.5. The maximum Gasteiger partial charge on any atom is 0.315 e. The fraction of sp³-hybridized carbons (Fsp3) is 0.0741. The molecule has 4 nitrogen and oxygen atoms in total. The molecule has 4 rings (SSSR count). The normalized spacial score (nSPS) is 10.6. The van der Waals surface area contributed by atoms with Crippen LogP contribution in [0.5, 0.6) is 23.0 Å². The Labute approximate surface area is 191 Å². The van der Waals surface area contributed by atoms with Crippen molar-refractivity contribution in [1.82, 2.24) is 0 Å².